The molecule has 0 aromatic heterocycles. The Morgan fingerprint density at radius 2 is 2.10 bits per heavy atom. The van der Waals surface area contributed by atoms with E-state index in [9.17, 15) is 0 Å². The van der Waals surface area contributed by atoms with Crippen LogP contribution in [0.5, 0.6) is 0 Å². The Morgan fingerprint density at radius 1 is 1.38 bits per heavy atom. The number of rotatable bonds is 4. The maximum atomic E-state index is 9.07. The van der Waals surface area contributed by atoms with Crippen molar-refractivity contribution in [2.45, 2.75) is 73.1 Å². The molecule has 0 aromatic rings. The van der Waals surface area contributed by atoms with Crippen LogP contribution < -0.4 is 0 Å². The highest BCUT2D eigenvalue weighted by molar-refractivity contribution is 5.21. The summed E-state index contributed by atoms with van der Waals surface area (Å²) in [7, 11) is 0. The number of hydrogen-bond donors (Lipinski definition) is 1. The number of hydrogen-bond acceptors (Lipinski definition) is 1. The minimum atomic E-state index is 0.182. The van der Waals surface area contributed by atoms with Gasteiger partial charge in [-0.3, -0.25) is 0 Å². The lowest BCUT2D eigenvalue weighted by atomic mass is 9.47. The SMILES string of the molecule is CC1=CCC[C@@H]2[C@](C)(CC/C(C)=C/CO)[C@@H](C)CC[C@]12C. The van der Waals surface area contributed by atoms with Gasteiger partial charge in [0.1, 0.15) is 0 Å². The van der Waals surface area contributed by atoms with Gasteiger partial charge < -0.3 is 5.11 Å². The van der Waals surface area contributed by atoms with Gasteiger partial charge in [-0.2, -0.15) is 0 Å². The van der Waals surface area contributed by atoms with Gasteiger partial charge in [0.15, 0.2) is 0 Å². The number of aliphatic hydroxyl groups is 1. The summed E-state index contributed by atoms with van der Waals surface area (Å²) in [5.41, 5.74) is 3.85. The Bertz CT molecular complexity index is 433. The van der Waals surface area contributed by atoms with Crippen molar-refractivity contribution in [1.82, 2.24) is 0 Å². The lowest BCUT2D eigenvalue weighted by Gasteiger charge is -2.58. The summed E-state index contributed by atoms with van der Waals surface area (Å²) in [6.07, 6.45) is 12.2. The molecule has 4 atom stereocenters. The second kappa shape index (κ2) is 6.28. The molecule has 2 rings (SSSR count). The van der Waals surface area contributed by atoms with Gasteiger partial charge >= 0.3 is 0 Å². The second-order valence-electron chi connectivity index (χ2n) is 8.11. The molecule has 0 radical (unpaired) electrons. The first-order valence-corrected chi connectivity index (χ1v) is 8.78. The van der Waals surface area contributed by atoms with Crippen LogP contribution in [0, 0.1) is 22.7 Å². The fourth-order valence-corrected chi connectivity index (χ4v) is 5.06. The minimum absolute atomic E-state index is 0.182. The van der Waals surface area contributed by atoms with E-state index in [1.54, 1.807) is 5.57 Å². The van der Waals surface area contributed by atoms with Crippen molar-refractivity contribution in [3.8, 4) is 0 Å². The third kappa shape index (κ3) is 2.99. The zero-order valence-corrected chi connectivity index (χ0v) is 14.7. The topological polar surface area (TPSA) is 20.2 Å². The van der Waals surface area contributed by atoms with Crippen molar-refractivity contribution in [3.05, 3.63) is 23.3 Å². The highest BCUT2D eigenvalue weighted by Crippen LogP contribution is 2.61. The fraction of sp³-hybridized carbons (Fsp3) is 0.800. The van der Waals surface area contributed by atoms with Gasteiger partial charge in [-0.1, -0.05) is 44.1 Å². The third-order valence-electron chi connectivity index (χ3n) is 7.09. The molecule has 0 aliphatic heterocycles. The molecule has 2 aliphatic rings. The first-order chi connectivity index (χ1) is 9.84. The van der Waals surface area contributed by atoms with Gasteiger partial charge in [-0.05, 0) is 75.0 Å². The Balaban J connectivity index is 2.23. The molecule has 0 bridgehead atoms. The second-order valence-corrected chi connectivity index (χ2v) is 8.11. The van der Waals surface area contributed by atoms with Crippen LogP contribution in [0.4, 0.5) is 0 Å². The average Bonchev–Trinajstić information content (AvgIpc) is 2.44. The minimum Gasteiger partial charge on any atom is -0.392 e. The molecule has 1 fully saturated rings. The number of aliphatic hydroxyl groups excluding tert-OH is 1. The van der Waals surface area contributed by atoms with Crippen LogP contribution in [0.3, 0.4) is 0 Å². The van der Waals surface area contributed by atoms with E-state index in [-0.39, 0.29) is 6.61 Å². The van der Waals surface area contributed by atoms with Gasteiger partial charge in [0, 0.05) is 0 Å². The van der Waals surface area contributed by atoms with E-state index < -0.39 is 0 Å². The molecular formula is C20H34O. The van der Waals surface area contributed by atoms with Crippen LogP contribution in [0.15, 0.2) is 23.3 Å². The maximum absolute atomic E-state index is 9.07. The highest BCUT2D eigenvalue weighted by atomic mass is 16.2. The maximum Gasteiger partial charge on any atom is 0.0614 e. The van der Waals surface area contributed by atoms with E-state index in [4.69, 9.17) is 5.11 Å². The molecule has 1 heteroatoms. The van der Waals surface area contributed by atoms with Crippen molar-refractivity contribution in [1.29, 1.82) is 0 Å². The predicted molar refractivity (Wildman–Crippen MR) is 91.2 cm³/mol. The lowest BCUT2D eigenvalue weighted by Crippen LogP contribution is -2.49. The van der Waals surface area contributed by atoms with Crippen LogP contribution in [-0.4, -0.2) is 11.7 Å². The molecule has 21 heavy (non-hydrogen) atoms. The zero-order valence-electron chi connectivity index (χ0n) is 14.7. The van der Waals surface area contributed by atoms with E-state index in [0.717, 1.165) is 18.3 Å². The molecule has 0 spiro atoms. The van der Waals surface area contributed by atoms with E-state index in [0.29, 0.717) is 10.8 Å². The summed E-state index contributed by atoms with van der Waals surface area (Å²) in [5, 5.41) is 9.07. The van der Waals surface area contributed by atoms with Crippen LogP contribution in [0.1, 0.15) is 73.1 Å². The molecule has 0 aromatic carbocycles. The van der Waals surface area contributed by atoms with Crippen LogP contribution in [-0.2, 0) is 0 Å². The number of allylic oxidation sites excluding steroid dienone is 3. The Hall–Kier alpha value is -0.560. The summed E-state index contributed by atoms with van der Waals surface area (Å²) in [6.45, 7) is 12.2. The molecule has 0 saturated heterocycles. The van der Waals surface area contributed by atoms with E-state index in [1.165, 1.54) is 37.7 Å². The third-order valence-corrected chi connectivity index (χ3v) is 7.09. The fourth-order valence-electron chi connectivity index (χ4n) is 5.06. The van der Waals surface area contributed by atoms with Gasteiger partial charge in [-0.15, -0.1) is 0 Å². The van der Waals surface area contributed by atoms with Crippen molar-refractivity contribution in [2.24, 2.45) is 22.7 Å². The summed E-state index contributed by atoms with van der Waals surface area (Å²) >= 11 is 0. The van der Waals surface area contributed by atoms with Crippen LogP contribution in [0.25, 0.3) is 0 Å². The molecule has 1 saturated carbocycles. The molecule has 0 heterocycles. The van der Waals surface area contributed by atoms with Gasteiger partial charge in [0.25, 0.3) is 0 Å². The average molecular weight is 290 g/mol. The first kappa shape index (κ1) is 16.8. The monoisotopic (exact) mass is 290 g/mol. The molecule has 1 nitrogen and oxygen atoms in total. The highest BCUT2D eigenvalue weighted by Gasteiger charge is 2.52. The molecule has 0 amide bonds. The van der Waals surface area contributed by atoms with Gasteiger partial charge in [-0.25, -0.2) is 0 Å². The Morgan fingerprint density at radius 3 is 2.76 bits per heavy atom. The molecule has 1 N–H and O–H groups in total. The largest absolute Gasteiger partial charge is 0.392 e. The van der Waals surface area contributed by atoms with Gasteiger partial charge in [0.2, 0.25) is 0 Å². The van der Waals surface area contributed by atoms with Crippen molar-refractivity contribution in [3.63, 3.8) is 0 Å². The van der Waals surface area contributed by atoms with Crippen molar-refractivity contribution in [2.75, 3.05) is 6.61 Å². The van der Waals surface area contributed by atoms with Crippen molar-refractivity contribution < 1.29 is 5.11 Å². The summed E-state index contributed by atoms with van der Waals surface area (Å²) in [6, 6.07) is 0. The molecule has 0 unspecified atom stereocenters. The Labute approximate surface area is 131 Å². The summed E-state index contributed by atoms with van der Waals surface area (Å²) in [5.74, 6) is 1.63. The van der Waals surface area contributed by atoms with Crippen LogP contribution in [0.2, 0.25) is 0 Å². The molecule has 2 aliphatic carbocycles. The van der Waals surface area contributed by atoms with E-state index in [2.05, 4.69) is 40.7 Å². The van der Waals surface area contributed by atoms with Crippen molar-refractivity contribution >= 4 is 0 Å². The zero-order chi connectivity index (χ0) is 15.7. The van der Waals surface area contributed by atoms with E-state index in [1.807, 2.05) is 6.08 Å². The standard InChI is InChI=1S/C20H34O/c1-15(11-14-21)9-12-19(4)17(3)10-13-20(5)16(2)7-6-8-18(19)20/h7,11,17-18,21H,6,8-10,12-14H2,1-5H3/b15-11+/t17-,18+,19+,20+/m0/s1. The summed E-state index contributed by atoms with van der Waals surface area (Å²) < 4.78 is 0. The smallest absolute Gasteiger partial charge is 0.0614 e. The first-order valence-electron chi connectivity index (χ1n) is 8.78. The lowest BCUT2D eigenvalue weighted by molar-refractivity contribution is -0.0466. The summed E-state index contributed by atoms with van der Waals surface area (Å²) in [4.78, 5) is 0. The van der Waals surface area contributed by atoms with Gasteiger partial charge in [0.05, 0.1) is 6.61 Å². The Kier molecular flexibility index (Phi) is 5.03. The van der Waals surface area contributed by atoms with E-state index >= 15 is 0 Å². The predicted octanol–water partition coefficient (Wildman–Crippen LogP) is 5.50. The normalized spacial score (nSPS) is 40.7. The molecule has 120 valence electrons. The quantitative estimate of drug-likeness (QED) is 0.677. The molecular weight excluding hydrogens is 256 g/mol. The number of fused-ring (bicyclic) bond motifs is 1. The van der Waals surface area contributed by atoms with Crippen LogP contribution >= 0.6 is 0 Å².